The normalized spacial score (nSPS) is 10.1. The number of nitrogens with zero attached hydrogens (tertiary/aromatic N) is 3. The molecule has 0 saturated carbocycles. The van der Waals surface area contributed by atoms with Gasteiger partial charge in [0.25, 0.3) is 0 Å². The molecular formula is C10H15ClN4O. The molecule has 2 N–H and O–H groups in total. The van der Waals surface area contributed by atoms with E-state index in [0.717, 1.165) is 19.4 Å². The van der Waals surface area contributed by atoms with E-state index < -0.39 is 0 Å². The van der Waals surface area contributed by atoms with E-state index in [1.165, 1.54) is 0 Å². The van der Waals surface area contributed by atoms with Gasteiger partial charge in [0.2, 0.25) is 5.91 Å². The number of halogens is 1. The lowest BCUT2D eigenvalue weighted by molar-refractivity contribution is -0.116. The van der Waals surface area contributed by atoms with Crippen LogP contribution in [0.5, 0.6) is 0 Å². The molecule has 1 heterocycles. The first-order valence-corrected chi connectivity index (χ1v) is 5.53. The molecule has 1 aromatic heterocycles. The molecule has 0 unspecified atom stereocenters. The van der Waals surface area contributed by atoms with Gasteiger partial charge in [-0.1, -0.05) is 24.9 Å². The summed E-state index contributed by atoms with van der Waals surface area (Å²) in [6, 6.07) is 3.37. The van der Waals surface area contributed by atoms with Crippen LogP contribution < -0.4 is 10.6 Å². The molecule has 88 valence electrons. The Bertz CT molecular complexity index is 341. The van der Waals surface area contributed by atoms with Crippen molar-refractivity contribution in [3.05, 3.63) is 17.3 Å². The summed E-state index contributed by atoms with van der Waals surface area (Å²) in [7, 11) is 0. The Kier molecular flexibility index (Phi) is 4.98. The first kappa shape index (κ1) is 12.7. The highest BCUT2D eigenvalue weighted by Crippen LogP contribution is 2.12. The second-order valence-electron chi connectivity index (χ2n) is 3.46. The smallest absolute Gasteiger partial charge is 0.236 e. The first-order valence-electron chi connectivity index (χ1n) is 5.16. The third-order valence-electron chi connectivity index (χ3n) is 2.07. The zero-order valence-electron chi connectivity index (χ0n) is 9.19. The summed E-state index contributed by atoms with van der Waals surface area (Å²) < 4.78 is 0. The van der Waals surface area contributed by atoms with E-state index in [1.807, 2.05) is 0 Å². The van der Waals surface area contributed by atoms with Gasteiger partial charge < -0.3 is 10.6 Å². The molecule has 0 aliphatic carbocycles. The summed E-state index contributed by atoms with van der Waals surface area (Å²) in [5.41, 5.74) is 5.18. The molecule has 1 amide bonds. The zero-order valence-corrected chi connectivity index (χ0v) is 9.94. The Labute approximate surface area is 99.6 Å². The maximum Gasteiger partial charge on any atom is 0.236 e. The predicted octanol–water partition coefficient (Wildman–Crippen LogP) is 1.22. The molecule has 16 heavy (non-hydrogen) atoms. The number of unbranched alkanes of at least 4 members (excludes halogenated alkanes) is 1. The van der Waals surface area contributed by atoms with E-state index in [4.69, 9.17) is 17.3 Å². The summed E-state index contributed by atoms with van der Waals surface area (Å²) in [5, 5.41) is 7.99. The minimum Gasteiger partial charge on any atom is -0.368 e. The van der Waals surface area contributed by atoms with Crippen molar-refractivity contribution < 1.29 is 4.79 Å². The third kappa shape index (κ3) is 4.02. The predicted molar refractivity (Wildman–Crippen MR) is 63.4 cm³/mol. The lowest BCUT2D eigenvalue weighted by atomic mass is 10.3. The van der Waals surface area contributed by atoms with Crippen LogP contribution >= 0.6 is 11.6 Å². The monoisotopic (exact) mass is 242 g/mol. The number of hydrogen-bond acceptors (Lipinski definition) is 4. The van der Waals surface area contributed by atoms with Crippen molar-refractivity contribution in [2.24, 2.45) is 5.73 Å². The summed E-state index contributed by atoms with van der Waals surface area (Å²) in [5.74, 6) is 0.240. The van der Waals surface area contributed by atoms with Crippen LogP contribution in [0.3, 0.4) is 0 Å². The number of rotatable bonds is 6. The molecule has 0 bridgehead atoms. The number of aromatic nitrogens is 2. The number of amides is 1. The van der Waals surface area contributed by atoms with Crippen molar-refractivity contribution in [3.8, 4) is 0 Å². The highest BCUT2D eigenvalue weighted by atomic mass is 35.5. The van der Waals surface area contributed by atoms with Crippen molar-refractivity contribution >= 4 is 23.3 Å². The standard InChI is InChI=1S/C10H15ClN4O/c1-2-3-6-15(7-9(12)16)10-5-4-8(11)13-14-10/h4-5H,2-3,6-7H2,1H3,(H2,12,16). The quantitative estimate of drug-likeness (QED) is 0.814. The Balaban J connectivity index is 2.74. The summed E-state index contributed by atoms with van der Waals surface area (Å²) >= 11 is 5.64. The van der Waals surface area contributed by atoms with Crippen LogP contribution in [0.2, 0.25) is 5.15 Å². The molecule has 1 rings (SSSR count). The largest absolute Gasteiger partial charge is 0.368 e. The molecule has 0 aromatic carbocycles. The molecule has 1 aromatic rings. The van der Waals surface area contributed by atoms with E-state index in [2.05, 4.69) is 17.1 Å². The second kappa shape index (κ2) is 6.27. The van der Waals surface area contributed by atoms with Gasteiger partial charge >= 0.3 is 0 Å². The summed E-state index contributed by atoms with van der Waals surface area (Å²) in [6.45, 7) is 2.96. The molecule has 0 atom stereocenters. The zero-order chi connectivity index (χ0) is 12.0. The third-order valence-corrected chi connectivity index (χ3v) is 2.27. The number of anilines is 1. The lowest BCUT2D eigenvalue weighted by Gasteiger charge is -2.21. The van der Waals surface area contributed by atoms with E-state index in [9.17, 15) is 4.79 Å². The minimum atomic E-state index is -0.382. The Morgan fingerprint density at radius 2 is 2.25 bits per heavy atom. The van der Waals surface area contributed by atoms with Crippen molar-refractivity contribution in [1.82, 2.24) is 10.2 Å². The minimum absolute atomic E-state index is 0.149. The van der Waals surface area contributed by atoms with E-state index in [1.54, 1.807) is 17.0 Å². The molecule has 0 radical (unpaired) electrons. The molecule has 0 fully saturated rings. The second-order valence-corrected chi connectivity index (χ2v) is 3.84. The summed E-state index contributed by atoms with van der Waals surface area (Å²) in [6.07, 6.45) is 2.01. The van der Waals surface area contributed by atoms with Gasteiger partial charge in [0, 0.05) is 6.54 Å². The fourth-order valence-corrected chi connectivity index (χ4v) is 1.39. The maximum absolute atomic E-state index is 10.9. The lowest BCUT2D eigenvalue weighted by Crippen LogP contribution is -2.35. The van der Waals surface area contributed by atoms with Crippen LogP contribution in [0.1, 0.15) is 19.8 Å². The maximum atomic E-state index is 10.9. The van der Waals surface area contributed by atoms with Gasteiger partial charge in [-0.25, -0.2) is 0 Å². The van der Waals surface area contributed by atoms with Gasteiger partial charge in [0.1, 0.15) is 0 Å². The molecule has 0 spiro atoms. The van der Waals surface area contributed by atoms with Gasteiger partial charge in [0.05, 0.1) is 6.54 Å². The SMILES string of the molecule is CCCCN(CC(N)=O)c1ccc(Cl)nn1. The average molecular weight is 243 g/mol. The van der Waals surface area contributed by atoms with Gasteiger partial charge in [-0.3, -0.25) is 4.79 Å². The molecule has 0 aliphatic heterocycles. The average Bonchev–Trinajstić information content (AvgIpc) is 2.25. The van der Waals surface area contributed by atoms with Crippen LogP contribution in [0.15, 0.2) is 12.1 Å². The van der Waals surface area contributed by atoms with Crippen LogP contribution in [0, 0.1) is 0 Å². The van der Waals surface area contributed by atoms with Gasteiger partial charge in [-0.2, -0.15) is 0 Å². The van der Waals surface area contributed by atoms with Crippen LogP contribution in [0.25, 0.3) is 0 Å². The highest BCUT2D eigenvalue weighted by molar-refractivity contribution is 6.29. The number of hydrogen-bond donors (Lipinski definition) is 1. The van der Waals surface area contributed by atoms with Crippen LogP contribution in [0.4, 0.5) is 5.82 Å². The molecule has 6 heteroatoms. The van der Waals surface area contributed by atoms with E-state index in [0.29, 0.717) is 11.0 Å². The van der Waals surface area contributed by atoms with Crippen molar-refractivity contribution in [2.75, 3.05) is 18.0 Å². The van der Waals surface area contributed by atoms with Crippen LogP contribution in [-0.4, -0.2) is 29.2 Å². The Hall–Kier alpha value is -1.36. The number of primary amides is 1. The topological polar surface area (TPSA) is 72.1 Å². The fourth-order valence-electron chi connectivity index (χ4n) is 1.29. The molecule has 0 saturated heterocycles. The van der Waals surface area contributed by atoms with Gasteiger partial charge in [-0.15, -0.1) is 10.2 Å². The molecule has 5 nitrogen and oxygen atoms in total. The number of carbonyl (C=O) groups is 1. The highest BCUT2D eigenvalue weighted by Gasteiger charge is 2.10. The van der Waals surface area contributed by atoms with Crippen molar-refractivity contribution in [3.63, 3.8) is 0 Å². The first-order chi connectivity index (χ1) is 7.63. The van der Waals surface area contributed by atoms with Gasteiger partial charge in [0.15, 0.2) is 11.0 Å². The Morgan fingerprint density at radius 1 is 1.50 bits per heavy atom. The van der Waals surface area contributed by atoms with Crippen molar-refractivity contribution in [2.45, 2.75) is 19.8 Å². The molecular weight excluding hydrogens is 228 g/mol. The van der Waals surface area contributed by atoms with Crippen LogP contribution in [-0.2, 0) is 4.79 Å². The van der Waals surface area contributed by atoms with E-state index >= 15 is 0 Å². The van der Waals surface area contributed by atoms with E-state index in [-0.39, 0.29) is 12.5 Å². The Morgan fingerprint density at radius 3 is 2.75 bits per heavy atom. The van der Waals surface area contributed by atoms with Gasteiger partial charge in [-0.05, 0) is 18.6 Å². The number of nitrogens with two attached hydrogens (primary N) is 1. The number of carbonyl (C=O) groups excluding carboxylic acids is 1. The van der Waals surface area contributed by atoms with Crippen molar-refractivity contribution in [1.29, 1.82) is 0 Å². The fraction of sp³-hybridized carbons (Fsp3) is 0.500. The molecule has 0 aliphatic rings. The summed E-state index contributed by atoms with van der Waals surface area (Å²) in [4.78, 5) is 12.7.